The molecule has 0 fully saturated rings. The lowest BCUT2D eigenvalue weighted by Gasteiger charge is -2.10. The van der Waals surface area contributed by atoms with Crippen molar-refractivity contribution in [3.8, 4) is 23.1 Å². The van der Waals surface area contributed by atoms with Crippen LogP contribution in [0.4, 0.5) is 0 Å². The number of hydrogen-bond donors (Lipinski definition) is 1. The lowest BCUT2D eigenvalue weighted by Crippen LogP contribution is -2.12. The molecule has 0 unspecified atom stereocenters. The fourth-order valence-electron chi connectivity index (χ4n) is 2.78. The van der Waals surface area contributed by atoms with Crippen LogP contribution in [0.3, 0.4) is 0 Å². The van der Waals surface area contributed by atoms with E-state index in [0.29, 0.717) is 12.6 Å². The average Bonchev–Trinajstić information content (AvgIpc) is 3.01. The van der Waals surface area contributed by atoms with Crippen molar-refractivity contribution in [3.63, 3.8) is 0 Å². The number of carbonyl (C=O) groups is 1. The van der Waals surface area contributed by atoms with Gasteiger partial charge in [-0.1, -0.05) is 36.4 Å². The molecule has 0 radical (unpaired) electrons. The van der Waals surface area contributed by atoms with Crippen LogP contribution >= 0.6 is 0 Å². The second-order valence-corrected chi connectivity index (χ2v) is 7.25. The normalized spacial score (nSPS) is 11.1. The van der Waals surface area contributed by atoms with Gasteiger partial charge in [0.15, 0.2) is 0 Å². The quantitative estimate of drug-likeness (QED) is 0.613. The van der Waals surface area contributed by atoms with Crippen LogP contribution in [0.15, 0.2) is 48.5 Å². The first-order valence-electron chi connectivity index (χ1n) is 9.52. The molecule has 3 aromatic rings. The van der Waals surface area contributed by atoms with Gasteiger partial charge in [0.05, 0.1) is 24.3 Å². The van der Waals surface area contributed by atoms with Crippen LogP contribution in [0.5, 0.6) is 12.0 Å². The molecule has 7 heteroatoms. The molecule has 0 aliphatic rings. The van der Waals surface area contributed by atoms with Gasteiger partial charge in [-0.2, -0.15) is 0 Å². The molecule has 1 N–H and O–H groups in total. The summed E-state index contributed by atoms with van der Waals surface area (Å²) in [6.07, 6.45) is -0.0627. The third-order valence-electron chi connectivity index (χ3n) is 4.03. The summed E-state index contributed by atoms with van der Waals surface area (Å²) >= 11 is 0. The largest absolute Gasteiger partial charge is 0.478 e. The maximum Gasteiger partial charge on any atom is 0.339 e. The predicted molar refractivity (Wildman–Crippen MR) is 109 cm³/mol. The smallest absolute Gasteiger partial charge is 0.339 e. The molecule has 1 aromatic heterocycles. The summed E-state index contributed by atoms with van der Waals surface area (Å²) in [6.45, 7) is 8.18. The van der Waals surface area contributed by atoms with Gasteiger partial charge < -0.3 is 14.6 Å². The minimum atomic E-state index is -0.938. The molecule has 0 spiro atoms. The van der Waals surface area contributed by atoms with Crippen LogP contribution in [-0.4, -0.2) is 38.0 Å². The molecule has 0 amide bonds. The van der Waals surface area contributed by atoms with E-state index in [1.165, 1.54) is 0 Å². The Bertz CT molecular complexity index is 978. The van der Waals surface area contributed by atoms with E-state index in [0.717, 1.165) is 16.7 Å². The lowest BCUT2D eigenvalue weighted by molar-refractivity contribution is 0.0697. The summed E-state index contributed by atoms with van der Waals surface area (Å²) in [5.41, 5.74) is 3.08. The van der Waals surface area contributed by atoms with Gasteiger partial charge in [0.2, 0.25) is 0 Å². The molecule has 0 atom stereocenters. The molecule has 0 aliphatic carbocycles. The van der Waals surface area contributed by atoms with E-state index < -0.39 is 5.97 Å². The maximum absolute atomic E-state index is 11.2. The number of carboxylic acids is 1. The van der Waals surface area contributed by atoms with Gasteiger partial charge >= 0.3 is 18.0 Å². The van der Waals surface area contributed by atoms with E-state index in [2.05, 4.69) is 10.1 Å². The van der Waals surface area contributed by atoms with Crippen molar-refractivity contribution in [2.24, 2.45) is 0 Å². The zero-order valence-corrected chi connectivity index (χ0v) is 17.0. The Morgan fingerprint density at radius 1 is 1.00 bits per heavy atom. The van der Waals surface area contributed by atoms with E-state index in [-0.39, 0.29) is 23.8 Å². The number of ether oxygens (including phenoxy) is 2. The zero-order valence-electron chi connectivity index (χ0n) is 17.0. The molecule has 3 rings (SSSR count). The van der Waals surface area contributed by atoms with Crippen LogP contribution in [0.1, 0.15) is 43.6 Å². The molecule has 29 heavy (non-hydrogen) atoms. The fourth-order valence-corrected chi connectivity index (χ4v) is 2.78. The standard InChI is InChI=1S/C22H25N3O4/c1-14(2)28-21-23-22(29-15(3)4)25(24-21)13-16-8-10-17(11-9-16)18-6-5-7-19(12-18)20(26)27/h5-12,14-15H,13H2,1-4H3,(H,26,27). The minimum absolute atomic E-state index is 0.0291. The van der Waals surface area contributed by atoms with Crippen molar-refractivity contribution >= 4 is 5.97 Å². The number of hydrogen-bond acceptors (Lipinski definition) is 5. The molecule has 1 heterocycles. The zero-order chi connectivity index (χ0) is 21.0. The summed E-state index contributed by atoms with van der Waals surface area (Å²) in [4.78, 5) is 15.5. The van der Waals surface area contributed by atoms with Gasteiger partial charge in [0.1, 0.15) is 0 Å². The SMILES string of the molecule is CC(C)Oc1nc(OC(C)C)n(Cc2ccc(-c3cccc(C(=O)O)c3)cc2)n1. The third-order valence-corrected chi connectivity index (χ3v) is 4.03. The van der Waals surface area contributed by atoms with Crippen LogP contribution in [0, 0.1) is 0 Å². The topological polar surface area (TPSA) is 86.5 Å². The summed E-state index contributed by atoms with van der Waals surface area (Å²) < 4.78 is 13.0. The van der Waals surface area contributed by atoms with Crippen molar-refractivity contribution in [2.75, 3.05) is 0 Å². The minimum Gasteiger partial charge on any atom is -0.478 e. The highest BCUT2D eigenvalue weighted by Crippen LogP contribution is 2.23. The Morgan fingerprint density at radius 2 is 1.69 bits per heavy atom. The Hall–Kier alpha value is -3.35. The van der Waals surface area contributed by atoms with Gasteiger partial charge in [-0.15, -0.1) is 10.1 Å². The maximum atomic E-state index is 11.2. The van der Waals surface area contributed by atoms with Crippen molar-refractivity contribution in [3.05, 3.63) is 59.7 Å². The number of aromatic carboxylic acids is 1. The van der Waals surface area contributed by atoms with Crippen molar-refractivity contribution in [1.29, 1.82) is 0 Å². The van der Waals surface area contributed by atoms with Crippen LogP contribution in [-0.2, 0) is 6.54 Å². The van der Waals surface area contributed by atoms with E-state index in [1.54, 1.807) is 22.9 Å². The van der Waals surface area contributed by atoms with Crippen molar-refractivity contribution in [1.82, 2.24) is 14.8 Å². The second-order valence-electron chi connectivity index (χ2n) is 7.25. The number of aromatic nitrogens is 3. The Labute approximate surface area is 169 Å². The summed E-state index contributed by atoms with van der Waals surface area (Å²) in [7, 11) is 0. The van der Waals surface area contributed by atoms with Crippen molar-refractivity contribution < 1.29 is 19.4 Å². The number of nitrogens with zero attached hydrogens (tertiary/aromatic N) is 3. The number of benzene rings is 2. The van der Waals surface area contributed by atoms with E-state index in [1.807, 2.05) is 58.0 Å². The molecule has 0 saturated heterocycles. The summed E-state index contributed by atoms with van der Waals surface area (Å²) in [5.74, 6) is -0.938. The first-order valence-corrected chi connectivity index (χ1v) is 9.52. The van der Waals surface area contributed by atoms with Crippen LogP contribution < -0.4 is 9.47 Å². The van der Waals surface area contributed by atoms with Crippen molar-refractivity contribution in [2.45, 2.75) is 46.4 Å². The van der Waals surface area contributed by atoms with Gasteiger partial charge in [0, 0.05) is 0 Å². The predicted octanol–water partition coefficient (Wildman–Crippen LogP) is 4.27. The third kappa shape index (κ3) is 5.34. The average molecular weight is 395 g/mol. The lowest BCUT2D eigenvalue weighted by atomic mass is 10.0. The molecular formula is C22H25N3O4. The van der Waals surface area contributed by atoms with Gasteiger partial charge in [-0.05, 0) is 56.5 Å². The molecular weight excluding hydrogens is 370 g/mol. The molecule has 0 aliphatic heterocycles. The Kier molecular flexibility index (Phi) is 6.16. The highest BCUT2D eigenvalue weighted by atomic mass is 16.5. The fraction of sp³-hybridized carbons (Fsp3) is 0.318. The van der Waals surface area contributed by atoms with Crippen LogP contribution in [0.25, 0.3) is 11.1 Å². The Morgan fingerprint density at radius 3 is 2.31 bits per heavy atom. The first-order chi connectivity index (χ1) is 13.8. The Balaban J connectivity index is 1.81. The van der Waals surface area contributed by atoms with E-state index in [9.17, 15) is 9.90 Å². The second kappa shape index (κ2) is 8.77. The summed E-state index contributed by atoms with van der Waals surface area (Å²) in [6, 6.07) is 15.5. The molecule has 0 bridgehead atoms. The van der Waals surface area contributed by atoms with Crippen LogP contribution in [0.2, 0.25) is 0 Å². The molecule has 7 nitrogen and oxygen atoms in total. The summed E-state index contributed by atoms with van der Waals surface area (Å²) in [5, 5.41) is 13.6. The highest BCUT2D eigenvalue weighted by Gasteiger charge is 2.15. The monoisotopic (exact) mass is 395 g/mol. The number of rotatable bonds is 8. The molecule has 152 valence electrons. The molecule has 0 saturated carbocycles. The first kappa shape index (κ1) is 20.4. The van der Waals surface area contributed by atoms with Gasteiger partial charge in [-0.25, -0.2) is 9.48 Å². The van der Waals surface area contributed by atoms with Gasteiger partial charge in [0.25, 0.3) is 0 Å². The molecule has 2 aromatic carbocycles. The highest BCUT2D eigenvalue weighted by molar-refractivity contribution is 5.89. The number of carboxylic acid groups (broad SMARTS) is 1. The van der Waals surface area contributed by atoms with E-state index in [4.69, 9.17) is 9.47 Å². The van der Waals surface area contributed by atoms with E-state index >= 15 is 0 Å². The van der Waals surface area contributed by atoms with Gasteiger partial charge in [-0.3, -0.25) is 0 Å².